The lowest BCUT2D eigenvalue weighted by atomic mass is 10.1. The van der Waals surface area contributed by atoms with Crippen LogP contribution in [0.3, 0.4) is 0 Å². The first-order valence-electron chi connectivity index (χ1n) is 7.69. The van der Waals surface area contributed by atoms with Gasteiger partial charge in [-0.25, -0.2) is 4.79 Å². The molecular weight excluding hydrogens is 346 g/mol. The molecule has 1 aromatic heterocycles. The van der Waals surface area contributed by atoms with Crippen molar-refractivity contribution in [3.63, 3.8) is 0 Å². The quantitative estimate of drug-likeness (QED) is 0.851. The predicted octanol–water partition coefficient (Wildman–Crippen LogP) is 2.31. The Balaban J connectivity index is 1.80. The molecule has 25 heavy (non-hydrogen) atoms. The number of rotatable bonds is 5. The average Bonchev–Trinajstić information content (AvgIpc) is 3.02. The molecule has 0 aliphatic carbocycles. The molecule has 1 aliphatic rings. The summed E-state index contributed by atoms with van der Waals surface area (Å²) in [6.45, 7) is 3.30. The van der Waals surface area contributed by atoms with Crippen molar-refractivity contribution >= 4 is 35.0 Å². The van der Waals surface area contributed by atoms with Crippen LogP contribution in [0.25, 0.3) is 0 Å². The molecule has 1 fully saturated rings. The summed E-state index contributed by atoms with van der Waals surface area (Å²) in [5.41, 5.74) is 0.834. The van der Waals surface area contributed by atoms with E-state index in [1.54, 1.807) is 18.2 Å². The summed E-state index contributed by atoms with van der Waals surface area (Å²) in [6, 6.07) is 4.49. The minimum atomic E-state index is -0.388. The number of halogens is 1. The number of carbonyl (C=O) groups excluding carboxylic acids is 2. The molecule has 0 atom stereocenters. The van der Waals surface area contributed by atoms with Crippen molar-refractivity contribution < 1.29 is 14.3 Å². The third-order valence-electron chi connectivity index (χ3n) is 3.50. The first kappa shape index (κ1) is 17.0. The Morgan fingerprint density at radius 2 is 2.28 bits per heavy atom. The third kappa shape index (κ3) is 3.80. The summed E-state index contributed by atoms with van der Waals surface area (Å²) >= 11 is 6.17. The molecule has 0 saturated carbocycles. The molecule has 1 aliphatic heterocycles. The highest BCUT2D eigenvalue weighted by Gasteiger charge is 2.24. The fourth-order valence-electron chi connectivity index (χ4n) is 2.38. The smallest absolute Gasteiger partial charge is 0.322 e. The molecule has 3 rings (SSSR count). The van der Waals surface area contributed by atoms with E-state index < -0.39 is 0 Å². The number of aromatic nitrogens is 2. The number of amides is 3. The fraction of sp³-hybridized carbons (Fsp3) is 0.250. The molecule has 0 unspecified atom stereocenters. The van der Waals surface area contributed by atoms with Crippen LogP contribution in [0.4, 0.5) is 16.3 Å². The second-order valence-corrected chi connectivity index (χ2v) is 5.59. The predicted molar refractivity (Wildman–Crippen MR) is 93.4 cm³/mol. The van der Waals surface area contributed by atoms with Gasteiger partial charge < -0.3 is 15.4 Å². The Morgan fingerprint density at radius 1 is 1.44 bits per heavy atom. The average molecular weight is 362 g/mol. The molecule has 2 heterocycles. The summed E-state index contributed by atoms with van der Waals surface area (Å²) in [5, 5.41) is 5.74. The number of nitrogens with one attached hydrogen (secondary N) is 2. The molecule has 130 valence electrons. The van der Waals surface area contributed by atoms with Crippen molar-refractivity contribution in [1.82, 2.24) is 15.3 Å². The van der Waals surface area contributed by atoms with Gasteiger partial charge in [-0.05, 0) is 25.1 Å². The van der Waals surface area contributed by atoms with Gasteiger partial charge in [0.2, 0.25) is 5.88 Å². The maximum absolute atomic E-state index is 12.5. The van der Waals surface area contributed by atoms with Crippen LogP contribution in [-0.2, 0) is 0 Å². The number of urea groups is 1. The summed E-state index contributed by atoms with van der Waals surface area (Å²) in [4.78, 5) is 33.9. The minimum Gasteiger partial charge on any atom is -0.477 e. The Kier molecular flexibility index (Phi) is 4.99. The van der Waals surface area contributed by atoms with Gasteiger partial charge >= 0.3 is 6.03 Å². The van der Waals surface area contributed by atoms with E-state index in [0.717, 1.165) is 0 Å². The number of benzene rings is 1. The Hall–Kier alpha value is -2.87. The van der Waals surface area contributed by atoms with Crippen LogP contribution in [0.5, 0.6) is 5.88 Å². The molecule has 0 spiro atoms. The Morgan fingerprint density at radius 3 is 3.00 bits per heavy atom. The topological polar surface area (TPSA) is 96.5 Å². The summed E-state index contributed by atoms with van der Waals surface area (Å²) in [7, 11) is 0. The van der Waals surface area contributed by atoms with Gasteiger partial charge in [-0.3, -0.25) is 14.7 Å². The lowest BCUT2D eigenvalue weighted by molar-refractivity contribution is 0.102. The molecule has 2 aromatic rings. The van der Waals surface area contributed by atoms with Crippen molar-refractivity contribution in [2.24, 2.45) is 0 Å². The van der Waals surface area contributed by atoms with E-state index in [9.17, 15) is 9.59 Å². The van der Waals surface area contributed by atoms with Gasteiger partial charge in [0.1, 0.15) is 0 Å². The van der Waals surface area contributed by atoms with E-state index in [2.05, 4.69) is 20.6 Å². The van der Waals surface area contributed by atoms with Crippen LogP contribution in [0.2, 0.25) is 5.02 Å². The molecule has 8 nitrogen and oxygen atoms in total. The minimum absolute atomic E-state index is 0.241. The van der Waals surface area contributed by atoms with Crippen molar-refractivity contribution in [2.75, 3.05) is 29.9 Å². The standard InChI is InChI=1S/C16H16ClN5O3/c1-2-25-14-9-18-8-13(20-14)21-15(23)10-3-4-11(17)12(7-10)22-6-5-19-16(22)24/h3-4,7-9H,2,5-6H2,1H3,(H,19,24)(H,20,21,23). The second kappa shape index (κ2) is 7.35. The van der Waals surface area contributed by atoms with Gasteiger partial charge in [-0.1, -0.05) is 11.6 Å². The van der Waals surface area contributed by atoms with Gasteiger partial charge in [0.15, 0.2) is 5.82 Å². The van der Waals surface area contributed by atoms with E-state index >= 15 is 0 Å². The van der Waals surface area contributed by atoms with Crippen molar-refractivity contribution in [1.29, 1.82) is 0 Å². The zero-order valence-electron chi connectivity index (χ0n) is 13.5. The van der Waals surface area contributed by atoms with Gasteiger partial charge in [0.05, 0.1) is 29.7 Å². The Labute approximate surface area is 149 Å². The number of carbonyl (C=O) groups is 2. The van der Waals surface area contributed by atoms with Crippen LogP contribution in [0, 0.1) is 0 Å². The third-order valence-corrected chi connectivity index (χ3v) is 3.82. The highest BCUT2D eigenvalue weighted by Crippen LogP contribution is 2.28. The summed E-state index contributed by atoms with van der Waals surface area (Å²) in [6.07, 6.45) is 2.89. The fourth-order valence-corrected chi connectivity index (χ4v) is 2.60. The monoisotopic (exact) mass is 361 g/mol. The number of nitrogens with zero attached hydrogens (tertiary/aromatic N) is 3. The van der Waals surface area contributed by atoms with E-state index in [4.69, 9.17) is 16.3 Å². The van der Waals surface area contributed by atoms with Crippen LogP contribution in [-0.4, -0.2) is 41.6 Å². The largest absolute Gasteiger partial charge is 0.477 e. The highest BCUT2D eigenvalue weighted by molar-refractivity contribution is 6.34. The SMILES string of the molecule is CCOc1cncc(NC(=O)c2ccc(Cl)c(N3CCNC3=O)c2)n1. The zero-order valence-corrected chi connectivity index (χ0v) is 14.2. The number of ether oxygens (including phenoxy) is 1. The number of anilines is 2. The van der Waals surface area contributed by atoms with Gasteiger partial charge in [0, 0.05) is 18.7 Å². The van der Waals surface area contributed by atoms with Crippen LogP contribution in [0.15, 0.2) is 30.6 Å². The molecule has 3 amide bonds. The van der Waals surface area contributed by atoms with Crippen molar-refractivity contribution in [3.05, 3.63) is 41.2 Å². The zero-order chi connectivity index (χ0) is 17.8. The summed E-state index contributed by atoms with van der Waals surface area (Å²) < 4.78 is 5.25. The molecule has 1 saturated heterocycles. The highest BCUT2D eigenvalue weighted by atomic mass is 35.5. The van der Waals surface area contributed by atoms with Crippen LogP contribution in [0.1, 0.15) is 17.3 Å². The molecule has 0 radical (unpaired) electrons. The Bertz CT molecular complexity index is 814. The number of hydrogen-bond donors (Lipinski definition) is 2. The second-order valence-electron chi connectivity index (χ2n) is 5.18. The molecule has 1 aromatic carbocycles. The van der Waals surface area contributed by atoms with Gasteiger partial charge in [-0.15, -0.1) is 0 Å². The van der Waals surface area contributed by atoms with E-state index in [-0.39, 0.29) is 17.8 Å². The van der Waals surface area contributed by atoms with Crippen LogP contribution >= 0.6 is 11.6 Å². The molecule has 0 bridgehead atoms. The van der Waals surface area contributed by atoms with Crippen molar-refractivity contribution in [2.45, 2.75) is 6.92 Å². The van der Waals surface area contributed by atoms with Gasteiger partial charge in [-0.2, -0.15) is 4.98 Å². The molecule has 2 N–H and O–H groups in total. The van der Waals surface area contributed by atoms with Gasteiger partial charge in [0.25, 0.3) is 5.91 Å². The lowest BCUT2D eigenvalue weighted by Crippen LogP contribution is -2.28. The first-order valence-corrected chi connectivity index (χ1v) is 8.07. The van der Waals surface area contributed by atoms with Crippen LogP contribution < -0.4 is 20.3 Å². The van der Waals surface area contributed by atoms with E-state index in [1.807, 2.05) is 6.92 Å². The lowest BCUT2D eigenvalue weighted by Gasteiger charge is -2.17. The van der Waals surface area contributed by atoms with E-state index in [0.29, 0.717) is 41.8 Å². The molecular formula is C16H16ClN5O3. The first-order chi connectivity index (χ1) is 12.1. The van der Waals surface area contributed by atoms with E-state index in [1.165, 1.54) is 17.3 Å². The maximum atomic E-state index is 12.5. The number of hydrogen-bond acceptors (Lipinski definition) is 5. The van der Waals surface area contributed by atoms with Crippen molar-refractivity contribution in [3.8, 4) is 5.88 Å². The normalized spacial score (nSPS) is 13.5. The summed E-state index contributed by atoms with van der Waals surface area (Å²) in [5.74, 6) is 0.206. The maximum Gasteiger partial charge on any atom is 0.322 e. The molecule has 9 heteroatoms.